The summed E-state index contributed by atoms with van der Waals surface area (Å²) in [6.45, 7) is 9.33. The highest BCUT2D eigenvalue weighted by molar-refractivity contribution is 7.98. The van der Waals surface area contributed by atoms with E-state index in [0.29, 0.717) is 12.0 Å². The number of hydrogen-bond donors (Lipinski definition) is 1. The number of nitrogens with one attached hydrogen (secondary N) is 1. The van der Waals surface area contributed by atoms with Gasteiger partial charge in [0.15, 0.2) is 0 Å². The highest BCUT2D eigenvalue weighted by Gasteiger charge is 2.11. The highest BCUT2D eigenvalue weighted by Crippen LogP contribution is 2.03. The molecule has 3 heteroatoms. The van der Waals surface area contributed by atoms with Gasteiger partial charge >= 0.3 is 0 Å². The summed E-state index contributed by atoms with van der Waals surface area (Å²) in [5.74, 6) is 1.93. The van der Waals surface area contributed by atoms with E-state index in [1.165, 1.54) is 18.6 Å². The van der Waals surface area contributed by atoms with Crippen LogP contribution in [0.25, 0.3) is 0 Å². The Labute approximate surface area is 99.5 Å². The van der Waals surface area contributed by atoms with Crippen LogP contribution in [0.1, 0.15) is 33.6 Å². The van der Waals surface area contributed by atoms with Gasteiger partial charge in [-0.25, -0.2) is 0 Å². The predicted molar refractivity (Wildman–Crippen MR) is 70.7 cm³/mol. The average molecular weight is 233 g/mol. The molecule has 1 atom stereocenters. The van der Waals surface area contributed by atoms with Crippen molar-refractivity contribution in [3.8, 4) is 0 Å². The number of hydrogen-bond acceptors (Lipinski definition) is 3. The fourth-order valence-corrected chi connectivity index (χ4v) is 1.88. The minimum absolute atomic E-state index is 0.513. The molecule has 92 valence electrons. The number of thioether (sulfide) groups is 1. The van der Waals surface area contributed by atoms with Crippen LogP contribution in [0.3, 0.4) is 0 Å². The Morgan fingerprint density at radius 1 is 1.27 bits per heavy atom. The van der Waals surface area contributed by atoms with Crippen LogP contribution in [0.15, 0.2) is 0 Å². The minimum Gasteiger partial charge on any atom is -0.380 e. The molecular weight excluding hydrogens is 206 g/mol. The van der Waals surface area contributed by atoms with Crippen molar-refractivity contribution in [2.75, 3.05) is 31.8 Å². The van der Waals surface area contributed by atoms with Gasteiger partial charge < -0.3 is 10.1 Å². The van der Waals surface area contributed by atoms with E-state index in [1.807, 2.05) is 11.8 Å². The van der Waals surface area contributed by atoms with Crippen LogP contribution in [-0.2, 0) is 4.74 Å². The molecule has 0 amide bonds. The molecule has 0 aromatic heterocycles. The lowest BCUT2D eigenvalue weighted by Gasteiger charge is -2.22. The zero-order chi connectivity index (χ0) is 11.5. The molecule has 15 heavy (non-hydrogen) atoms. The van der Waals surface area contributed by atoms with E-state index in [0.717, 1.165) is 19.8 Å². The Bertz CT molecular complexity index is 131. The molecule has 0 saturated carbocycles. The maximum absolute atomic E-state index is 5.47. The molecule has 2 nitrogen and oxygen atoms in total. The Hall–Kier alpha value is 0.270. The van der Waals surface area contributed by atoms with Crippen LogP contribution in [0.5, 0.6) is 0 Å². The van der Waals surface area contributed by atoms with Gasteiger partial charge in [-0.2, -0.15) is 11.8 Å². The van der Waals surface area contributed by atoms with Gasteiger partial charge in [0.2, 0.25) is 0 Å². The van der Waals surface area contributed by atoms with Gasteiger partial charge in [0.05, 0.1) is 6.61 Å². The second kappa shape index (κ2) is 10.8. The van der Waals surface area contributed by atoms with Crippen LogP contribution in [-0.4, -0.2) is 37.8 Å². The summed E-state index contributed by atoms with van der Waals surface area (Å²) in [5.41, 5.74) is 0. The molecule has 0 heterocycles. The summed E-state index contributed by atoms with van der Waals surface area (Å²) >= 11 is 1.93. The van der Waals surface area contributed by atoms with Gasteiger partial charge in [0.25, 0.3) is 0 Å². The van der Waals surface area contributed by atoms with Gasteiger partial charge in [-0.3, -0.25) is 0 Å². The van der Waals surface area contributed by atoms with Gasteiger partial charge in [0.1, 0.15) is 0 Å². The first-order valence-corrected chi connectivity index (χ1v) is 7.41. The first kappa shape index (κ1) is 15.3. The summed E-state index contributed by atoms with van der Waals surface area (Å²) in [5, 5.41) is 3.58. The average Bonchev–Trinajstić information content (AvgIpc) is 2.21. The maximum atomic E-state index is 5.47. The monoisotopic (exact) mass is 233 g/mol. The summed E-state index contributed by atoms with van der Waals surface area (Å²) < 4.78 is 5.47. The third kappa shape index (κ3) is 9.21. The summed E-state index contributed by atoms with van der Waals surface area (Å²) in [4.78, 5) is 0. The second-order valence-corrected chi connectivity index (χ2v) is 5.15. The van der Waals surface area contributed by atoms with Crippen molar-refractivity contribution in [1.82, 2.24) is 5.32 Å². The first-order chi connectivity index (χ1) is 7.22. The van der Waals surface area contributed by atoms with E-state index in [4.69, 9.17) is 4.74 Å². The molecule has 0 aliphatic heterocycles. The lowest BCUT2D eigenvalue weighted by molar-refractivity contribution is 0.108. The van der Waals surface area contributed by atoms with E-state index in [1.54, 1.807) is 0 Å². The van der Waals surface area contributed by atoms with Gasteiger partial charge in [0, 0.05) is 12.6 Å². The van der Waals surface area contributed by atoms with Crippen LogP contribution < -0.4 is 5.32 Å². The molecule has 0 rings (SSSR count). The van der Waals surface area contributed by atoms with Gasteiger partial charge in [-0.1, -0.05) is 13.8 Å². The van der Waals surface area contributed by atoms with Crippen LogP contribution in [0.2, 0.25) is 0 Å². The Balaban J connectivity index is 3.48. The third-order valence-corrected chi connectivity index (χ3v) is 3.18. The standard InChI is InChI=1S/C12H27NOS/c1-5-14-10-12(11(2)3)13-8-6-7-9-15-4/h11-13H,5-10H2,1-4H3. The van der Waals surface area contributed by atoms with Crippen molar-refractivity contribution < 1.29 is 4.74 Å². The van der Waals surface area contributed by atoms with E-state index in [2.05, 4.69) is 32.3 Å². The molecule has 0 aliphatic carbocycles. The first-order valence-electron chi connectivity index (χ1n) is 6.02. The van der Waals surface area contributed by atoms with Crippen molar-refractivity contribution in [2.45, 2.75) is 39.7 Å². The number of unbranched alkanes of at least 4 members (excludes halogenated alkanes) is 1. The van der Waals surface area contributed by atoms with E-state index in [9.17, 15) is 0 Å². The van der Waals surface area contributed by atoms with E-state index in [-0.39, 0.29) is 0 Å². The van der Waals surface area contributed by atoms with E-state index < -0.39 is 0 Å². The fraction of sp³-hybridized carbons (Fsp3) is 1.00. The van der Waals surface area contributed by atoms with Crippen molar-refractivity contribution in [3.05, 3.63) is 0 Å². The van der Waals surface area contributed by atoms with Gasteiger partial charge in [-0.05, 0) is 44.2 Å². The molecule has 0 spiro atoms. The zero-order valence-corrected chi connectivity index (χ0v) is 11.5. The van der Waals surface area contributed by atoms with Crippen molar-refractivity contribution in [3.63, 3.8) is 0 Å². The molecular formula is C12H27NOS. The quantitative estimate of drug-likeness (QED) is 0.586. The summed E-state index contributed by atoms with van der Waals surface area (Å²) in [6, 6.07) is 0.513. The highest BCUT2D eigenvalue weighted by atomic mass is 32.2. The molecule has 1 unspecified atom stereocenters. The molecule has 0 fully saturated rings. The molecule has 0 saturated heterocycles. The molecule has 0 aromatic rings. The van der Waals surface area contributed by atoms with Crippen LogP contribution in [0.4, 0.5) is 0 Å². The lowest BCUT2D eigenvalue weighted by atomic mass is 10.1. The van der Waals surface area contributed by atoms with Gasteiger partial charge in [-0.15, -0.1) is 0 Å². The lowest BCUT2D eigenvalue weighted by Crippen LogP contribution is -2.38. The van der Waals surface area contributed by atoms with Crippen molar-refractivity contribution >= 4 is 11.8 Å². The minimum atomic E-state index is 0.513. The molecule has 0 radical (unpaired) electrons. The molecule has 0 aliphatic rings. The topological polar surface area (TPSA) is 21.3 Å². The summed E-state index contributed by atoms with van der Waals surface area (Å²) in [7, 11) is 0. The van der Waals surface area contributed by atoms with Crippen molar-refractivity contribution in [1.29, 1.82) is 0 Å². The second-order valence-electron chi connectivity index (χ2n) is 4.16. The van der Waals surface area contributed by atoms with Crippen LogP contribution in [0, 0.1) is 5.92 Å². The maximum Gasteiger partial charge on any atom is 0.0621 e. The van der Waals surface area contributed by atoms with E-state index >= 15 is 0 Å². The van der Waals surface area contributed by atoms with Crippen molar-refractivity contribution in [2.24, 2.45) is 5.92 Å². The smallest absolute Gasteiger partial charge is 0.0621 e. The Kier molecular flexibility index (Phi) is 11.0. The SMILES string of the molecule is CCOCC(NCCCCSC)C(C)C. The molecule has 1 N–H and O–H groups in total. The number of rotatable bonds is 10. The third-order valence-electron chi connectivity index (χ3n) is 2.49. The predicted octanol–water partition coefficient (Wildman–Crippen LogP) is 2.78. The van der Waals surface area contributed by atoms with Crippen LogP contribution >= 0.6 is 11.8 Å². The number of ether oxygens (including phenoxy) is 1. The largest absolute Gasteiger partial charge is 0.380 e. The normalized spacial score (nSPS) is 13.4. The Morgan fingerprint density at radius 2 is 2.00 bits per heavy atom. The Morgan fingerprint density at radius 3 is 2.53 bits per heavy atom. The molecule has 0 bridgehead atoms. The fourth-order valence-electron chi connectivity index (χ4n) is 1.39. The molecule has 0 aromatic carbocycles. The summed E-state index contributed by atoms with van der Waals surface area (Å²) in [6.07, 6.45) is 4.75. The zero-order valence-electron chi connectivity index (χ0n) is 10.7.